The van der Waals surface area contributed by atoms with Crippen LogP contribution in [0.2, 0.25) is 0 Å². The molecule has 0 aliphatic carbocycles. The van der Waals surface area contributed by atoms with Gasteiger partial charge in [-0.05, 0) is 20.3 Å². The third-order valence-electron chi connectivity index (χ3n) is 3.23. The summed E-state index contributed by atoms with van der Waals surface area (Å²) in [4.78, 5) is 29.2. The predicted octanol–water partition coefficient (Wildman–Crippen LogP) is 0.182. The average Bonchev–Trinajstić information content (AvgIpc) is 2.48. The van der Waals surface area contributed by atoms with Gasteiger partial charge in [0.05, 0.1) is 5.41 Å². The van der Waals surface area contributed by atoms with E-state index in [1.165, 1.54) is 4.90 Å². The van der Waals surface area contributed by atoms with Gasteiger partial charge in [-0.15, -0.1) is 0 Å². The highest BCUT2D eigenvalue weighted by molar-refractivity contribution is 5.86. The first-order valence-electron chi connectivity index (χ1n) is 7.69. The van der Waals surface area contributed by atoms with Crippen LogP contribution in [0.3, 0.4) is 0 Å². The van der Waals surface area contributed by atoms with Crippen LogP contribution >= 0.6 is 0 Å². The van der Waals surface area contributed by atoms with Crippen molar-refractivity contribution in [2.24, 2.45) is 10.4 Å². The molecule has 0 atom stereocenters. The SMILES string of the molecule is CCCCNC(=NCC(=O)N(C)C)NCC(C)(C)C(=O)NC. The van der Waals surface area contributed by atoms with Gasteiger partial charge < -0.3 is 20.9 Å². The lowest BCUT2D eigenvalue weighted by Crippen LogP contribution is -2.47. The number of unbranched alkanes of at least 4 members (excludes halogenated alkanes) is 1. The van der Waals surface area contributed by atoms with Crippen molar-refractivity contribution in [2.45, 2.75) is 33.6 Å². The normalized spacial score (nSPS) is 11.8. The van der Waals surface area contributed by atoms with Crippen LogP contribution < -0.4 is 16.0 Å². The molecule has 3 N–H and O–H groups in total. The second kappa shape index (κ2) is 10.0. The summed E-state index contributed by atoms with van der Waals surface area (Å²) in [5.74, 6) is 0.444. The van der Waals surface area contributed by atoms with E-state index in [2.05, 4.69) is 27.9 Å². The van der Waals surface area contributed by atoms with Gasteiger partial charge in [0, 0.05) is 34.2 Å². The molecule has 0 rings (SSSR count). The minimum absolute atomic E-state index is 0.0442. The van der Waals surface area contributed by atoms with Gasteiger partial charge in [0.25, 0.3) is 0 Å². The van der Waals surface area contributed by atoms with E-state index in [0.717, 1.165) is 19.4 Å². The number of carbonyl (C=O) groups is 2. The molecule has 0 fully saturated rings. The summed E-state index contributed by atoms with van der Waals surface area (Å²) in [6.45, 7) is 7.10. The van der Waals surface area contributed by atoms with E-state index in [9.17, 15) is 9.59 Å². The largest absolute Gasteiger partial charge is 0.359 e. The van der Waals surface area contributed by atoms with Crippen LogP contribution in [0.4, 0.5) is 0 Å². The number of hydrogen-bond donors (Lipinski definition) is 3. The zero-order valence-electron chi connectivity index (χ0n) is 14.7. The maximum absolute atomic E-state index is 11.8. The van der Waals surface area contributed by atoms with Crippen molar-refractivity contribution in [2.75, 3.05) is 40.8 Å². The number of guanidine groups is 1. The zero-order valence-corrected chi connectivity index (χ0v) is 14.7. The Hall–Kier alpha value is -1.79. The molecule has 0 saturated heterocycles. The third kappa shape index (κ3) is 7.85. The summed E-state index contributed by atoms with van der Waals surface area (Å²) < 4.78 is 0. The molecule has 0 aliphatic heterocycles. The Bertz CT molecular complexity index is 391. The minimum atomic E-state index is -0.562. The Labute approximate surface area is 133 Å². The molecule has 0 unspecified atom stereocenters. The smallest absolute Gasteiger partial charge is 0.243 e. The van der Waals surface area contributed by atoms with E-state index in [4.69, 9.17) is 0 Å². The fourth-order valence-electron chi connectivity index (χ4n) is 1.57. The topological polar surface area (TPSA) is 85.8 Å². The van der Waals surface area contributed by atoms with Gasteiger partial charge in [0.15, 0.2) is 5.96 Å². The van der Waals surface area contributed by atoms with Crippen molar-refractivity contribution in [1.82, 2.24) is 20.9 Å². The van der Waals surface area contributed by atoms with Crippen LogP contribution in [0.1, 0.15) is 33.6 Å². The molecule has 0 aromatic carbocycles. The number of aliphatic imine (C=N–C) groups is 1. The lowest BCUT2D eigenvalue weighted by molar-refractivity contribution is -0.128. The van der Waals surface area contributed by atoms with E-state index >= 15 is 0 Å². The molecule has 0 aromatic rings. The number of likely N-dealkylation sites (N-methyl/N-ethyl adjacent to an activating group) is 1. The predicted molar refractivity (Wildman–Crippen MR) is 89.8 cm³/mol. The molecular weight excluding hydrogens is 282 g/mol. The Morgan fingerprint density at radius 1 is 1.18 bits per heavy atom. The molecule has 128 valence electrons. The number of nitrogens with zero attached hydrogens (tertiary/aromatic N) is 2. The Kier molecular flexibility index (Phi) is 9.21. The number of carbonyl (C=O) groups excluding carboxylic acids is 2. The zero-order chi connectivity index (χ0) is 17.2. The molecule has 0 saturated carbocycles. The lowest BCUT2D eigenvalue weighted by Gasteiger charge is -2.24. The van der Waals surface area contributed by atoms with Gasteiger partial charge in [-0.2, -0.15) is 0 Å². The number of rotatable bonds is 8. The van der Waals surface area contributed by atoms with E-state index in [1.807, 2.05) is 13.8 Å². The third-order valence-corrected chi connectivity index (χ3v) is 3.23. The monoisotopic (exact) mass is 313 g/mol. The van der Waals surface area contributed by atoms with Crippen LogP contribution in [0.15, 0.2) is 4.99 Å². The maximum atomic E-state index is 11.8. The first kappa shape index (κ1) is 20.2. The van der Waals surface area contributed by atoms with E-state index < -0.39 is 5.41 Å². The fraction of sp³-hybridized carbons (Fsp3) is 0.800. The van der Waals surface area contributed by atoms with Crippen LogP contribution in [0.5, 0.6) is 0 Å². The van der Waals surface area contributed by atoms with Gasteiger partial charge in [0.2, 0.25) is 11.8 Å². The highest BCUT2D eigenvalue weighted by Gasteiger charge is 2.26. The summed E-state index contributed by atoms with van der Waals surface area (Å²) in [5.41, 5.74) is -0.562. The maximum Gasteiger partial charge on any atom is 0.243 e. The van der Waals surface area contributed by atoms with Crippen molar-refractivity contribution in [3.63, 3.8) is 0 Å². The molecule has 7 heteroatoms. The molecule has 7 nitrogen and oxygen atoms in total. The van der Waals surface area contributed by atoms with E-state index in [-0.39, 0.29) is 18.4 Å². The summed E-state index contributed by atoms with van der Waals surface area (Å²) in [5, 5.41) is 8.96. The first-order valence-corrected chi connectivity index (χ1v) is 7.69. The standard InChI is InChI=1S/C15H31N5O2/c1-7-8-9-17-14(18-10-12(21)20(5)6)19-11-15(2,3)13(22)16-4/h7-11H2,1-6H3,(H,16,22)(H2,17,18,19). The summed E-state index contributed by atoms with van der Waals surface area (Å²) in [7, 11) is 5.02. The van der Waals surface area contributed by atoms with Gasteiger partial charge in [-0.3, -0.25) is 9.59 Å². The Morgan fingerprint density at radius 3 is 2.32 bits per heavy atom. The molecule has 0 spiro atoms. The molecular formula is C15H31N5O2. The van der Waals surface area contributed by atoms with Crippen molar-refractivity contribution < 1.29 is 9.59 Å². The lowest BCUT2D eigenvalue weighted by atomic mass is 9.92. The molecule has 0 aromatic heterocycles. The van der Waals surface area contributed by atoms with Gasteiger partial charge in [-0.25, -0.2) is 4.99 Å². The molecule has 22 heavy (non-hydrogen) atoms. The van der Waals surface area contributed by atoms with Gasteiger partial charge in [-0.1, -0.05) is 13.3 Å². The van der Waals surface area contributed by atoms with Crippen molar-refractivity contribution in [3.05, 3.63) is 0 Å². The minimum Gasteiger partial charge on any atom is -0.359 e. The van der Waals surface area contributed by atoms with Gasteiger partial charge >= 0.3 is 0 Å². The van der Waals surface area contributed by atoms with E-state index in [1.54, 1.807) is 21.1 Å². The highest BCUT2D eigenvalue weighted by Crippen LogP contribution is 2.12. The van der Waals surface area contributed by atoms with Crippen molar-refractivity contribution >= 4 is 17.8 Å². The second-order valence-corrected chi connectivity index (χ2v) is 6.05. The van der Waals surface area contributed by atoms with Crippen LogP contribution in [0, 0.1) is 5.41 Å². The van der Waals surface area contributed by atoms with Crippen molar-refractivity contribution in [3.8, 4) is 0 Å². The molecule has 0 aliphatic rings. The molecule has 0 bridgehead atoms. The Morgan fingerprint density at radius 2 is 1.82 bits per heavy atom. The van der Waals surface area contributed by atoms with Gasteiger partial charge in [0.1, 0.15) is 6.54 Å². The van der Waals surface area contributed by atoms with Crippen LogP contribution in [-0.2, 0) is 9.59 Å². The fourth-order valence-corrected chi connectivity index (χ4v) is 1.57. The summed E-state index contributed by atoms with van der Waals surface area (Å²) in [6, 6.07) is 0. The average molecular weight is 313 g/mol. The van der Waals surface area contributed by atoms with E-state index in [0.29, 0.717) is 12.5 Å². The second-order valence-electron chi connectivity index (χ2n) is 6.05. The van der Waals surface area contributed by atoms with Crippen LogP contribution in [-0.4, -0.2) is 63.5 Å². The molecule has 0 heterocycles. The van der Waals surface area contributed by atoms with Crippen LogP contribution in [0.25, 0.3) is 0 Å². The first-order chi connectivity index (χ1) is 10.2. The summed E-state index contributed by atoms with van der Waals surface area (Å²) >= 11 is 0. The molecule has 2 amide bonds. The number of nitrogens with one attached hydrogen (secondary N) is 3. The quantitative estimate of drug-likeness (QED) is 0.339. The number of amides is 2. The molecule has 0 radical (unpaired) electrons. The Balaban J connectivity index is 4.68. The number of hydrogen-bond acceptors (Lipinski definition) is 3. The van der Waals surface area contributed by atoms with Crippen molar-refractivity contribution in [1.29, 1.82) is 0 Å². The highest BCUT2D eigenvalue weighted by atomic mass is 16.2. The summed E-state index contributed by atoms with van der Waals surface area (Å²) in [6.07, 6.45) is 2.09.